The first-order chi connectivity index (χ1) is 8.95. The lowest BCUT2D eigenvalue weighted by Crippen LogP contribution is -2.32. The van der Waals surface area contributed by atoms with Gasteiger partial charge in [0, 0.05) is 28.6 Å². The third-order valence-electron chi connectivity index (χ3n) is 2.80. The van der Waals surface area contributed by atoms with Crippen LogP contribution in [0.5, 0.6) is 0 Å². The Bertz CT molecular complexity index is 477. The predicted octanol–water partition coefficient (Wildman–Crippen LogP) is 3.20. The van der Waals surface area contributed by atoms with Crippen LogP contribution in [0.4, 0.5) is 5.69 Å². The highest BCUT2D eigenvalue weighted by Crippen LogP contribution is 2.18. The van der Waals surface area contributed by atoms with Gasteiger partial charge in [-0.1, -0.05) is 15.9 Å². The SMILES string of the molecule is Cc1cc(C(=O)NC(C)CCCBr)ccc1[N+](=O)[O-]. The molecule has 0 aliphatic heterocycles. The van der Waals surface area contributed by atoms with E-state index in [1.807, 2.05) is 6.92 Å². The molecule has 0 aromatic heterocycles. The van der Waals surface area contributed by atoms with Crippen molar-refractivity contribution >= 4 is 27.5 Å². The van der Waals surface area contributed by atoms with Crippen molar-refractivity contribution in [1.82, 2.24) is 5.32 Å². The standard InChI is InChI=1S/C13H17BrN2O3/c1-9-8-11(5-6-12(9)16(18)19)13(17)15-10(2)4-3-7-14/h5-6,8,10H,3-4,7H2,1-2H3,(H,15,17). The molecular formula is C13H17BrN2O3. The van der Waals surface area contributed by atoms with Crippen LogP contribution in [0.1, 0.15) is 35.7 Å². The highest BCUT2D eigenvalue weighted by molar-refractivity contribution is 9.09. The van der Waals surface area contributed by atoms with Gasteiger partial charge < -0.3 is 5.32 Å². The van der Waals surface area contributed by atoms with Gasteiger partial charge in [0.2, 0.25) is 0 Å². The number of nitro benzene ring substituents is 1. The Kier molecular flexibility index (Phi) is 5.95. The van der Waals surface area contributed by atoms with E-state index in [9.17, 15) is 14.9 Å². The van der Waals surface area contributed by atoms with E-state index in [1.165, 1.54) is 12.1 Å². The van der Waals surface area contributed by atoms with Crippen LogP contribution >= 0.6 is 15.9 Å². The van der Waals surface area contributed by atoms with Crippen molar-refractivity contribution in [3.63, 3.8) is 0 Å². The van der Waals surface area contributed by atoms with Crippen LogP contribution in [0.25, 0.3) is 0 Å². The second-order valence-electron chi connectivity index (χ2n) is 4.46. The molecule has 0 aliphatic rings. The van der Waals surface area contributed by atoms with E-state index in [1.54, 1.807) is 13.0 Å². The largest absolute Gasteiger partial charge is 0.350 e. The minimum atomic E-state index is -0.449. The molecule has 0 heterocycles. The number of rotatable bonds is 6. The molecule has 0 bridgehead atoms. The van der Waals surface area contributed by atoms with Gasteiger partial charge in [-0.15, -0.1) is 0 Å². The van der Waals surface area contributed by atoms with Crippen LogP contribution in [0.3, 0.4) is 0 Å². The molecule has 1 unspecified atom stereocenters. The zero-order valence-electron chi connectivity index (χ0n) is 11.0. The second-order valence-corrected chi connectivity index (χ2v) is 5.26. The van der Waals surface area contributed by atoms with Gasteiger partial charge >= 0.3 is 0 Å². The summed E-state index contributed by atoms with van der Waals surface area (Å²) in [4.78, 5) is 22.2. The van der Waals surface area contributed by atoms with Crippen LogP contribution in [0, 0.1) is 17.0 Å². The molecule has 1 aromatic rings. The number of halogens is 1. The number of nitrogens with zero attached hydrogens (tertiary/aromatic N) is 1. The van der Waals surface area contributed by atoms with Gasteiger partial charge in [0.25, 0.3) is 11.6 Å². The maximum atomic E-state index is 12.0. The van der Waals surface area contributed by atoms with Gasteiger partial charge in [0.05, 0.1) is 4.92 Å². The van der Waals surface area contributed by atoms with E-state index in [4.69, 9.17) is 0 Å². The molecule has 0 saturated carbocycles. The van der Waals surface area contributed by atoms with E-state index >= 15 is 0 Å². The van der Waals surface area contributed by atoms with E-state index in [2.05, 4.69) is 21.2 Å². The summed E-state index contributed by atoms with van der Waals surface area (Å²) >= 11 is 3.34. The number of benzene rings is 1. The average molecular weight is 329 g/mol. The molecule has 0 saturated heterocycles. The third kappa shape index (κ3) is 4.63. The highest BCUT2D eigenvalue weighted by atomic mass is 79.9. The van der Waals surface area contributed by atoms with Gasteiger partial charge in [0.1, 0.15) is 0 Å². The van der Waals surface area contributed by atoms with Crippen molar-refractivity contribution in [3.05, 3.63) is 39.4 Å². The molecule has 1 atom stereocenters. The fraction of sp³-hybridized carbons (Fsp3) is 0.462. The first kappa shape index (κ1) is 15.6. The number of carbonyl (C=O) groups is 1. The number of hydrogen-bond acceptors (Lipinski definition) is 3. The van der Waals surface area contributed by atoms with Crippen molar-refractivity contribution in [2.75, 3.05) is 5.33 Å². The second kappa shape index (κ2) is 7.23. The fourth-order valence-corrected chi connectivity index (χ4v) is 2.09. The van der Waals surface area contributed by atoms with Crippen molar-refractivity contribution in [3.8, 4) is 0 Å². The Morgan fingerprint density at radius 3 is 2.74 bits per heavy atom. The molecule has 104 valence electrons. The first-order valence-electron chi connectivity index (χ1n) is 6.07. The quantitative estimate of drug-likeness (QED) is 0.495. The van der Waals surface area contributed by atoms with Crippen molar-refractivity contribution in [2.45, 2.75) is 32.7 Å². The fourth-order valence-electron chi connectivity index (χ4n) is 1.76. The Labute approximate surface area is 120 Å². The summed E-state index contributed by atoms with van der Waals surface area (Å²) in [6.07, 6.45) is 1.88. The predicted molar refractivity (Wildman–Crippen MR) is 77.8 cm³/mol. The van der Waals surface area contributed by atoms with Crippen LogP contribution in [-0.2, 0) is 0 Å². The van der Waals surface area contributed by atoms with Crippen molar-refractivity contribution in [1.29, 1.82) is 0 Å². The average Bonchev–Trinajstić information content (AvgIpc) is 2.35. The zero-order chi connectivity index (χ0) is 14.4. The van der Waals surface area contributed by atoms with Gasteiger partial charge in [0.15, 0.2) is 0 Å². The van der Waals surface area contributed by atoms with E-state index < -0.39 is 4.92 Å². The number of amides is 1. The molecule has 1 aromatic carbocycles. The zero-order valence-corrected chi connectivity index (χ0v) is 12.6. The van der Waals surface area contributed by atoms with E-state index in [-0.39, 0.29) is 17.6 Å². The molecule has 0 radical (unpaired) electrons. The van der Waals surface area contributed by atoms with Gasteiger partial charge in [-0.3, -0.25) is 14.9 Å². The number of hydrogen-bond donors (Lipinski definition) is 1. The van der Waals surface area contributed by atoms with Crippen molar-refractivity contribution in [2.24, 2.45) is 0 Å². The number of nitrogens with one attached hydrogen (secondary N) is 1. The molecule has 0 spiro atoms. The molecule has 6 heteroatoms. The maximum absolute atomic E-state index is 12.0. The third-order valence-corrected chi connectivity index (χ3v) is 3.36. The summed E-state index contributed by atoms with van der Waals surface area (Å²) in [5, 5.41) is 14.5. The minimum absolute atomic E-state index is 0.0314. The molecule has 1 rings (SSSR count). The summed E-state index contributed by atoms with van der Waals surface area (Å²) in [5.41, 5.74) is 0.975. The van der Waals surface area contributed by atoms with Crippen molar-refractivity contribution < 1.29 is 9.72 Å². The highest BCUT2D eigenvalue weighted by Gasteiger charge is 2.14. The van der Waals surface area contributed by atoms with E-state index in [0.717, 1.165) is 18.2 Å². The molecule has 1 N–H and O–H groups in total. The number of nitro groups is 1. The maximum Gasteiger partial charge on any atom is 0.272 e. The number of alkyl halides is 1. The molecule has 1 amide bonds. The van der Waals surface area contributed by atoms with Crippen LogP contribution < -0.4 is 5.32 Å². The summed E-state index contributed by atoms with van der Waals surface area (Å²) in [7, 11) is 0. The smallest absolute Gasteiger partial charge is 0.272 e. The normalized spacial score (nSPS) is 11.9. The summed E-state index contributed by atoms with van der Waals surface area (Å²) < 4.78 is 0. The molecule has 5 nitrogen and oxygen atoms in total. The number of aryl methyl sites for hydroxylation is 1. The lowest BCUT2D eigenvalue weighted by atomic mass is 10.1. The van der Waals surface area contributed by atoms with Crippen LogP contribution in [-0.4, -0.2) is 22.2 Å². The van der Waals surface area contributed by atoms with Gasteiger partial charge in [-0.2, -0.15) is 0 Å². The Balaban J connectivity index is 2.72. The lowest BCUT2D eigenvalue weighted by Gasteiger charge is -2.13. The summed E-state index contributed by atoms with van der Waals surface area (Å²) in [6.45, 7) is 3.57. The summed E-state index contributed by atoms with van der Waals surface area (Å²) in [5.74, 6) is -0.194. The minimum Gasteiger partial charge on any atom is -0.350 e. The Hall–Kier alpha value is -1.43. The first-order valence-corrected chi connectivity index (χ1v) is 7.19. The van der Waals surface area contributed by atoms with E-state index in [0.29, 0.717) is 11.1 Å². The van der Waals surface area contributed by atoms with Gasteiger partial charge in [-0.05, 0) is 38.8 Å². The molecule has 0 fully saturated rings. The number of carbonyl (C=O) groups excluding carboxylic acids is 1. The molecule has 19 heavy (non-hydrogen) atoms. The van der Waals surface area contributed by atoms with Crippen LogP contribution in [0.2, 0.25) is 0 Å². The molecule has 0 aliphatic carbocycles. The molecular weight excluding hydrogens is 312 g/mol. The summed E-state index contributed by atoms with van der Waals surface area (Å²) in [6, 6.07) is 4.48. The Morgan fingerprint density at radius 2 is 2.21 bits per heavy atom. The van der Waals surface area contributed by atoms with Gasteiger partial charge in [-0.25, -0.2) is 0 Å². The van der Waals surface area contributed by atoms with Crippen LogP contribution in [0.15, 0.2) is 18.2 Å². The monoisotopic (exact) mass is 328 g/mol. The topological polar surface area (TPSA) is 72.2 Å². The Morgan fingerprint density at radius 1 is 1.53 bits per heavy atom. The lowest BCUT2D eigenvalue weighted by molar-refractivity contribution is -0.385.